The molecule has 2 aromatic heterocycles. The van der Waals surface area contributed by atoms with E-state index in [1.807, 2.05) is 12.1 Å². The van der Waals surface area contributed by atoms with Crippen molar-refractivity contribution in [2.75, 3.05) is 0 Å². The molecular formula is C20H19NOS2. The summed E-state index contributed by atoms with van der Waals surface area (Å²) in [6, 6.07) is 10.2. The molecule has 1 aliphatic heterocycles. The standard InChI is InChI=1S/C20H19NOS2/c1-19(2)14-8-10-24-18(14)17(21-20(19,3)4)12-5-6-15-13(11-12)16(23)7-9-22-15/h5-11H,1-4H3. The number of nitrogens with zero attached hydrogens (tertiary/aromatic N) is 1. The van der Waals surface area contributed by atoms with E-state index >= 15 is 0 Å². The number of aliphatic imine (C=N–C) groups is 1. The molecule has 0 amide bonds. The highest BCUT2D eigenvalue weighted by molar-refractivity contribution is 7.71. The number of hydrogen-bond acceptors (Lipinski definition) is 4. The molecule has 0 aliphatic carbocycles. The molecule has 3 aromatic rings. The van der Waals surface area contributed by atoms with Gasteiger partial charge in [-0.1, -0.05) is 26.1 Å². The molecule has 24 heavy (non-hydrogen) atoms. The lowest BCUT2D eigenvalue weighted by Gasteiger charge is -2.43. The molecule has 0 saturated heterocycles. The Morgan fingerprint density at radius 1 is 1.08 bits per heavy atom. The van der Waals surface area contributed by atoms with Crippen LogP contribution in [0, 0.1) is 4.51 Å². The third-order valence-electron chi connectivity index (χ3n) is 5.41. The monoisotopic (exact) mass is 353 g/mol. The predicted molar refractivity (Wildman–Crippen MR) is 104 cm³/mol. The summed E-state index contributed by atoms with van der Waals surface area (Å²) in [5, 5.41) is 3.13. The van der Waals surface area contributed by atoms with Crippen molar-refractivity contribution in [1.29, 1.82) is 0 Å². The fourth-order valence-electron chi connectivity index (χ4n) is 3.21. The van der Waals surface area contributed by atoms with Gasteiger partial charge in [0.05, 0.1) is 26.9 Å². The zero-order valence-corrected chi connectivity index (χ0v) is 15.8. The SMILES string of the molecule is CC1(C)N=C(c2ccc3occc(=S)c3c2)c2sccc2C1(C)C. The van der Waals surface area contributed by atoms with E-state index in [4.69, 9.17) is 21.6 Å². The topological polar surface area (TPSA) is 25.5 Å². The zero-order valence-electron chi connectivity index (χ0n) is 14.2. The first-order chi connectivity index (χ1) is 11.3. The van der Waals surface area contributed by atoms with Crippen molar-refractivity contribution in [3.8, 4) is 0 Å². The minimum Gasteiger partial charge on any atom is -0.464 e. The van der Waals surface area contributed by atoms with E-state index in [1.165, 1.54) is 10.4 Å². The third kappa shape index (κ3) is 2.13. The predicted octanol–water partition coefficient (Wildman–Crippen LogP) is 6.13. The van der Waals surface area contributed by atoms with Crippen molar-refractivity contribution in [3.63, 3.8) is 0 Å². The zero-order chi connectivity index (χ0) is 17.1. The van der Waals surface area contributed by atoms with Gasteiger partial charge in [0, 0.05) is 16.4 Å². The Morgan fingerprint density at radius 2 is 1.88 bits per heavy atom. The van der Waals surface area contributed by atoms with Crippen LogP contribution in [0.3, 0.4) is 0 Å². The van der Waals surface area contributed by atoms with Crippen molar-refractivity contribution in [2.24, 2.45) is 4.99 Å². The fourth-order valence-corrected chi connectivity index (χ4v) is 4.49. The average molecular weight is 354 g/mol. The van der Waals surface area contributed by atoms with Crippen molar-refractivity contribution in [3.05, 3.63) is 62.5 Å². The number of fused-ring (bicyclic) bond motifs is 2. The Balaban J connectivity index is 1.99. The van der Waals surface area contributed by atoms with Crippen LogP contribution in [0.1, 0.15) is 43.7 Å². The second-order valence-electron chi connectivity index (χ2n) is 7.30. The minimum atomic E-state index is -0.177. The summed E-state index contributed by atoms with van der Waals surface area (Å²) in [5.74, 6) is 0. The van der Waals surface area contributed by atoms with Crippen LogP contribution >= 0.6 is 23.6 Å². The molecular weight excluding hydrogens is 334 g/mol. The molecule has 0 fully saturated rings. The highest BCUT2D eigenvalue weighted by Gasteiger charge is 2.44. The Kier molecular flexibility index (Phi) is 3.35. The highest BCUT2D eigenvalue weighted by Crippen LogP contribution is 2.45. The van der Waals surface area contributed by atoms with Crippen molar-refractivity contribution in [1.82, 2.24) is 0 Å². The second-order valence-corrected chi connectivity index (χ2v) is 8.66. The smallest absolute Gasteiger partial charge is 0.135 e. The van der Waals surface area contributed by atoms with E-state index in [0.717, 1.165) is 26.8 Å². The summed E-state index contributed by atoms with van der Waals surface area (Å²) in [5.41, 5.74) is 4.17. The first kappa shape index (κ1) is 15.7. The van der Waals surface area contributed by atoms with Crippen LogP contribution in [-0.4, -0.2) is 11.3 Å². The Hall–Kier alpha value is -1.78. The normalized spacial score (nSPS) is 18.2. The van der Waals surface area contributed by atoms with Gasteiger partial charge in [-0.05, 0) is 55.1 Å². The van der Waals surface area contributed by atoms with Crippen LogP contribution in [0.5, 0.6) is 0 Å². The summed E-state index contributed by atoms with van der Waals surface area (Å²) in [6.45, 7) is 8.98. The van der Waals surface area contributed by atoms with Gasteiger partial charge in [-0.15, -0.1) is 11.3 Å². The number of rotatable bonds is 1. The molecule has 3 heterocycles. The van der Waals surface area contributed by atoms with E-state index in [0.29, 0.717) is 0 Å². The van der Waals surface area contributed by atoms with E-state index in [9.17, 15) is 0 Å². The van der Waals surface area contributed by atoms with Gasteiger partial charge >= 0.3 is 0 Å². The van der Waals surface area contributed by atoms with Gasteiger partial charge < -0.3 is 4.42 Å². The molecule has 4 heteroatoms. The van der Waals surface area contributed by atoms with Crippen LogP contribution in [0.4, 0.5) is 0 Å². The molecule has 0 unspecified atom stereocenters. The van der Waals surface area contributed by atoms with Crippen LogP contribution in [-0.2, 0) is 5.41 Å². The Labute approximate surface area is 150 Å². The molecule has 0 radical (unpaired) electrons. The summed E-state index contributed by atoms with van der Waals surface area (Å²) >= 11 is 7.22. The van der Waals surface area contributed by atoms with Gasteiger partial charge in [0.1, 0.15) is 5.58 Å². The Morgan fingerprint density at radius 3 is 2.67 bits per heavy atom. The first-order valence-corrected chi connectivity index (χ1v) is 9.30. The second kappa shape index (κ2) is 5.11. The van der Waals surface area contributed by atoms with Gasteiger partial charge in [0.2, 0.25) is 0 Å². The highest BCUT2D eigenvalue weighted by atomic mass is 32.1. The van der Waals surface area contributed by atoms with Gasteiger partial charge in [0.15, 0.2) is 0 Å². The average Bonchev–Trinajstić information content (AvgIpc) is 3.02. The van der Waals surface area contributed by atoms with Crippen LogP contribution < -0.4 is 0 Å². The van der Waals surface area contributed by atoms with Crippen LogP contribution in [0.15, 0.2) is 51.4 Å². The van der Waals surface area contributed by atoms with Crippen LogP contribution in [0.2, 0.25) is 0 Å². The van der Waals surface area contributed by atoms with Gasteiger partial charge in [-0.2, -0.15) is 0 Å². The lowest BCUT2D eigenvalue weighted by Crippen LogP contribution is -2.45. The maximum absolute atomic E-state index is 5.56. The first-order valence-electron chi connectivity index (χ1n) is 8.01. The third-order valence-corrected chi connectivity index (χ3v) is 6.68. The number of thiophene rings is 1. The molecule has 122 valence electrons. The van der Waals surface area contributed by atoms with Crippen molar-refractivity contribution >= 4 is 40.2 Å². The molecule has 1 aromatic carbocycles. The van der Waals surface area contributed by atoms with Gasteiger partial charge in [0.25, 0.3) is 0 Å². The van der Waals surface area contributed by atoms with E-state index in [1.54, 1.807) is 17.6 Å². The molecule has 0 spiro atoms. The van der Waals surface area contributed by atoms with E-state index in [-0.39, 0.29) is 11.0 Å². The molecule has 1 aliphatic rings. The van der Waals surface area contributed by atoms with E-state index < -0.39 is 0 Å². The number of hydrogen-bond donors (Lipinski definition) is 0. The lowest BCUT2D eigenvalue weighted by molar-refractivity contribution is 0.305. The quantitative estimate of drug-likeness (QED) is 0.492. The number of benzene rings is 1. The summed E-state index contributed by atoms with van der Waals surface area (Å²) < 4.78 is 6.37. The van der Waals surface area contributed by atoms with Gasteiger partial charge in [-0.25, -0.2) is 0 Å². The van der Waals surface area contributed by atoms with E-state index in [2.05, 4.69) is 51.3 Å². The summed E-state index contributed by atoms with van der Waals surface area (Å²) in [6.07, 6.45) is 1.64. The minimum absolute atomic E-state index is 0.00118. The molecule has 0 saturated carbocycles. The maximum Gasteiger partial charge on any atom is 0.135 e. The van der Waals surface area contributed by atoms with Crippen LogP contribution in [0.25, 0.3) is 11.0 Å². The van der Waals surface area contributed by atoms with Crippen molar-refractivity contribution in [2.45, 2.75) is 38.6 Å². The largest absolute Gasteiger partial charge is 0.464 e. The molecule has 2 nitrogen and oxygen atoms in total. The van der Waals surface area contributed by atoms with Gasteiger partial charge in [-0.3, -0.25) is 4.99 Å². The summed E-state index contributed by atoms with van der Waals surface area (Å²) in [4.78, 5) is 6.41. The maximum atomic E-state index is 5.56. The lowest BCUT2D eigenvalue weighted by atomic mass is 9.68. The molecule has 0 bridgehead atoms. The fraction of sp³-hybridized carbons (Fsp3) is 0.300. The summed E-state index contributed by atoms with van der Waals surface area (Å²) in [7, 11) is 0. The molecule has 0 atom stereocenters. The Bertz CT molecular complexity index is 1040. The molecule has 4 rings (SSSR count). The van der Waals surface area contributed by atoms with Crippen molar-refractivity contribution < 1.29 is 4.42 Å². The molecule has 0 N–H and O–H groups in total.